The minimum atomic E-state index is -0.514. The lowest BCUT2D eigenvalue weighted by atomic mass is 10.1. The third kappa shape index (κ3) is 4.17. The Labute approximate surface area is 194 Å². The monoisotopic (exact) mass is 456 g/mol. The van der Waals surface area contributed by atoms with Crippen molar-refractivity contribution >= 4 is 52.2 Å². The van der Waals surface area contributed by atoms with Crippen molar-refractivity contribution < 1.29 is 9.53 Å². The largest absolute Gasteiger partial charge is 0.402 e. The molecule has 0 saturated heterocycles. The molecule has 1 aromatic heterocycles. The third-order valence-corrected chi connectivity index (χ3v) is 6.30. The summed E-state index contributed by atoms with van der Waals surface area (Å²) in [6.07, 6.45) is 1.73. The maximum Gasteiger partial charge on any atom is 0.363 e. The van der Waals surface area contributed by atoms with Gasteiger partial charge in [-0.1, -0.05) is 65.8 Å². The number of carbonyl (C=O) groups is 1. The van der Waals surface area contributed by atoms with Crippen LogP contribution >= 0.6 is 23.4 Å². The van der Waals surface area contributed by atoms with Gasteiger partial charge in [0.05, 0.1) is 16.1 Å². The normalized spacial score (nSPS) is 14.6. The van der Waals surface area contributed by atoms with Crippen molar-refractivity contribution in [3.05, 3.63) is 106 Å². The van der Waals surface area contributed by atoms with Crippen LogP contribution in [0.3, 0.4) is 0 Å². The summed E-state index contributed by atoms with van der Waals surface area (Å²) in [5, 5.41) is 2.25. The van der Waals surface area contributed by atoms with E-state index in [1.807, 2.05) is 67.6 Å². The Kier molecular flexibility index (Phi) is 5.52. The van der Waals surface area contributed by atoms with Crippen LogP contribution in [0.4, 0.5) is 0 Å². The zero-order valence-electron chi connectivity index (χ0n) is 17.1. The molecule has 32 heavy (non-hydrogen) atoms. The van der Waals surface area contributed by atoms with E-state index in [9.17, 15) is 4.79 Å². The fraction of sp³-hybridized carbons (Fsp3) is 0.0385. The number of esters is 1. The Bertz CT molecular complexity index is 1410. The topological polar surface area (TPSA) is 51.5 Å². The van der Waals surface area contributed by atoms with Crippen LogP contribution in [0.15, 0.2) is 99.5 Å². The van der Waals surface area contributed by atoms with Gasteiger partial charge in [0.25, 0.3) is 0 Å². The average molecular weight is 457 g/mol. The Morgan fingerprint density at radius 2 is 1.75 bits per heavy atom. The molecule has 4 nitrogen and oxygen atoms in total. The first-order chi connectivity index (χ1) is 15.6. The van der Waals surface area contributed by atoms with Crippen LogP contribution in [0.2, 0.25) is 5.02 Å². The highest BCUT2D eigenvalue weighted by Crippen LogP contribution is 2.33. The molecule has 6 heteroatoms. The summed E-state index contributed by atoms with van der Waals surface area (Å²) in [6, 6.07) is 25.3. The first-order valence-corrected chi connectivity index (χ1v) is 11.2. The van der Waals surface area contributed by atoms with Gasteiger partial charge in [0.15, 0.2) is 5.70 Å². The molecule has 0 amide bonds. The maximum absolute atomic E-state index is 12.6. The predicted molar refractivity (Wildman–Crippen MR) is 129 cm³/mol. The lowest BCUT2D eigenvalue weighted by Gasteiger charge is -2.08. The molecule has 0 N–H and O–H groups in total. The van der Waals surface area contributed by atoms with Crippen molar-refractivity contribution in [2.24, 2.45) is 4.99 Å². The van der Waals surface area contributed by atoms with Gasteiger partial charge >= 0.3 is 5.97 Å². The molecule has 0 radical (unpaired) electrons. The fourth-order valence-electron chi connectivity index (χ4n) is 3.37. The zero-order valence-corrected chi connectivity index (χ0v) is 18.7. The number of hydrogen-bond acceptors (Lipinski definition) is 5. The number of aromatic nitrogens is 1. The Hall–Kier alpha value is -3.41. The van der Waals surface area contributed by atoms with Crippen molar-refractivity contribution in [3.8, 4) is 0 Å². The lowest BCUT2D eigenvalue weighted by molar-refractivity contribution is -0.129. The molecular formula is C26H17ClN2O2S. The van der Waals surface area contributed by atoms with E-state index in [2.05, 4.69) is 11.1 Å². The number of benzene rings is 3. The molecule has 3 aromatic carbocycles. The van der Waals surface area contributed by atoms with E-state index in [1.165, 1.54) is 0 Å². The molecule has 0 unspecified atom stereocenters. The van der Waals surface area contributed by atoms with Gasteiger partial charge in [0, 0.05) is 15.8 Å². The molecule has 1 aliphatic heterocycles. The highest BCUT2D eigenvalue weighted by Gasteiger charge is 2.26. The predicted octanol–water partition coefficient (Wildman–Crippen LogP) is 6.69. The first-order valence-electron chi connectivity index (χ1n) is 9.98. The number of pyridine rings is 1. The number of aliphatic imine (C=N–C) groups is 1. The van der Waals surface area contributed by atoms with Crippen LogP contribution in [0.5, 0.6) is 0 Å². The van der Waals surface area contributed by atoms with Crippen molar-refractivity contribution in [3.63, 3.8) is 0 Å². The SMILES string of the molecule is Cc1ccc2cc(C=C3N=C(c4ccccc4Cl)OC3=O)c(Sc3ccccc3)nc2c1. The van der Waals surface area contributed by atoms with E-state index >= 15 is 0 Å². The van der Waals surface area contributed by atoms with Crippen LogP contribution < -0.4 is 0 Å². The summed E-state index contributed by atoms with van der Waals surface area (Å²) in [4.78, 5) is 22.9. The molecule has 0 aliphatic carbocycles. The number of aryl methyl sites for hydroxylation is 1. The molecule has 5 rings (SSSR count). The van der Waals surface area contributed by atoms with Crippen LogP contribution in [0.1, 0.15) is 16.7 Å². The maximum atomic E-state index is 12.6. The molecule has 0 spiro atoms. The van der Waals surface area contributed by atoms with E-state index in [0.29, 0.717) is 10.6 Å². The molecule has 0 atom stereocenters. The number of rotatable bonds is 4. The number of hydrogen-bond donors (Lipinski definition) is 0. The number of ether oxygens (including phenoxy) is 1. The van der Waals surface area contributed by atoms with Gasteiger partial charge < -0.3 is 4.74 Å². The summed E-state index contributed by atoms with van der Waals surface area (Å²) < 4.78 is 5.41. The van der Waals surface area contributed by atoms with Crippen LogP contribution in [-0.4, -0.2) is 16.9 Å². The first kappa shape index (κ1) is 20.5. The quantitative estimate of drug-likeness (QED) is 0.253. The van der Waals surface area contributed by atoms with Gasteiger partial charge in [-0.3, -0.25) is 0 Å². The highest BCUT2D eigenvalue weighted by molar-refractivity contribution is 7.99. The minimum absolute atomic E-state index is 0.202. The van der Waals surface area contributed by atoms with Gasteiger partial charge in [-0.05, 0) is 55.0 Å². The summed E-state index contributed by atoms with van der Waals surface area (Å²) >= 11 is 7.79. The van der Waals surface area contributed by atoms with Crippen LogP contribution in [0, 0.1) is 6.92 Å². The van der Waals surface area contributed by atoms with E-state index in [-0.39, 0.29) is 11.6 Å². The van der Waals surface area contributed by atoms with Gasteiger partial charge in [-0.15, -0.1) is 0 Å². The van der Waals surface area contributed by atoms with E-state index < -0.39 is 5.97 Å². The van der Waals surface area contributed by atoms with Crippen molar-refractivity contribution in [1.29, 1.82) is 0 Å². The van der Waals surface area contributed by atoms with E-state index in [0.717, 1.165) is 32.0 Å². The average Bonchev–Trinajstić information content (AvgIpc) is 3.15. The molecule has 2 heterocycles. The van der Waals surface area contributed by atoms with Gasteiger partial charge in [0.2, 0.25) is 5.90 Å². The zero-order chi connectivity index (χ0) is 22.1. The number of halogens is 1. The number of carbonyl (C=O) groups excluding carboxylic acids is 1. The summed E-state index contributed by atoms with van der Waals surface area (Å²) in [5.74, 6) is -0.312. The Balaban J connectivity index is 1.61. The van der Waals surface area contributed by atoms with Crippen LogP contribution in [-0.2, 0) is 9.53 Å². The fourth-order valence-corrected chi connectivity index (χ4v) is 4.48. The summed E-state index contributed by atoms with van der Waals surface area (Å²) in [7, 11) is 0. The van der Waals surface area contributed by atoms with E-state index in [4.69, 9.17) is 21.3 Å². The Morgan fingerprint density at radius 3 is 2.56 bits per heavy atom. The van der Waals surface area contributed by atoms with Crippen LogP contribution in [0.25, 0.3) is 17.0 Å². The molecule has 0 fully saturated rings. The molecule has 1 aliphatic rings. The van der Waals surface area contributed by atoms with Crippen molar-refractivity contribution in [2.75, 3.05) is 0 Å². The number of fused-ring (bicyclic) bond motifs is 1. The molecule has 4 aromatic rings. The molecule has 0 bridgehead atoms. The third-order valence-electron chi connectivity index (χ3n) is 4.94. The standard InChI is InChI=1S/C26H17ClN2O2S/c1-16-11-12-17-14-18(25(29-22(17)13-16)32-19-7-3-2-4-8-19)15-23-26(30)31-24(28-23)20-9-5-6-10-21(20)27/h2-15H,1H3. The molecular weight excluding hydrogens is 440 g/mol. The summed E-state index contributed by atoms with van der Waals surface area (Å²) in [6.45, 7) is 2.04. The molecule has 0 saturated carbocycles. The van der Waals surface area contributed by atoms with Gasteiger partial charge in [0.1, 0.15) is 5.03 Å². The van der Waals surface area contributed by atoms with E-state index in [1.54, 1.807) is 30.0 Å². The smallest absolute Gasteiger partial charge is 0.363 e. The second kappa shape index (κ2) is 8.61. The lowest BCUT2D eigenvalue weighted by Crippen LogP contribution is -2.05. The summed E-state index contributed by atoms with van der Waals surface area (Å²) in [5.41, 5.74) is 3.63. The highest BCUT2D eigenvalue weighted by atomic mass is 35.5. The number of nitrogens with zero attached hydrogens (tertiary/aromatic N) is 2. The van der Waals surface area contributed by atoms with Gasteiger partial charge in [-0.25, -0.2) is 14.8 Å². The Morgan fingerprint density at radius 1 is 0.969 bits per heavy atom. The van der Waals surface area contributed by atoms with Crippen molar-refractivity contribution in [1.82, 2.24) is 4.98 Å². The van der Waals surface area contributed by atoms with Gasteiger partial charge in [-0.2, -0.15) is 0 Å². The molecule has 156 valence electrons. The second-order valence-electron chi connectivity index (χ2n) is 7.31. The second-order valence-corrected chi connectivity index (χ2v) is 8.78. The van der Waals surface area contributed by atoms with Crippen molar-refractivity contribution in [2.45, 2.75) is 16.8 Å². The number of cyclic esters (lactones) is 1. The minimum Gasteiger partial charge on any atom is -0.402 e.